The first-order valence-corrected chi connectivity index (χ1v) is 10.6. The highest BCUT2D eigenvalue weighted by molar-refractivity contribution is 14.0. The van der Waals surface area contributed by atoms with Crippen molar-refractivity contribution in [2.24, 2.45) is 4.99 Å². The maximum atomic E-state index is 14.0. The number of halogens is 3. The molecule has 0 saturated carbocycles. The lowest BCUT2D eigenvalue weighted by atomic mass is 9.99. The molecule has 1 aromatic carbocycles. The zero-order valence-corrected chi connectivity index (χ0v) is 20.9. The fourth-order valence-corrected chi connectivity index (χ4v) is 3.89. The Morgan fingerprint density at radius 1 is 1.31 bits per heavy atom. The van der Waals surface area contributed by atoms with E-state index in [9.17, 15) is 18.4 Å². The summed E-state index contributed by atoms with van der Waals surface area (Å²) in [6.07, 6.45) is 1.82. The van der Waals surface area contributed by atoms with Crippen LogP contribution >= 0.6 is 24.0 Å². The second kappa shape index (κ2) is 11.1. The zero-order chi connectivity index (χ0) is 22.6. The molecule has 3 amide bonds. The molecule has 11 heteroatoms. The first-order chi connectivity index (χ1) is 14.8. The summed E-state index contributed by atoms with van der Waals surface area (Å²) >= 11 is 0. The van der Waals surface area contributed by atoms with E-state index in [-0.39, 0.29) is 47.6 Å². The van der Waals surface area contributed by atoms with Gasteiger partial charge < -0.3 is 20.9 Å². The minimum Gasteiger partial charge on any atom is -0.365 e. The highest BCUT2D eigenvalue weighted by Crippen LogP contribution is 2.26. The van der Waals surface area contributed by atoms with Crippen LogP contribution in [0.2, 0.25) is 0 Å². The average Bonchev–Trinajstić information content (AvgIpc) is 3.27. The van der Waals surface area contributed by atoms with E-state index < -0.39 is 17.2 Å². The molecule has 178 valence electrons. The Morgan fingerprint density at radius 2 is 2.00 bits per heavy atom. The van der Waals surface area contributed by atoms with Gasteiger partial charge in [-0.2, -0.15) is 0 Å². The lowest BCUT2D eigenvalue weighted by Crippen LogP contribution is -2.45. The van der Waals surface area contributed by atoms with Crippen LogP contribution in [0.25, 0.3) is 0 Å². The number of carbonyl (C=O) groups excluding carboxylic acids is 2. The van der Waals surface area contributed by atoms with Crippen LogP contribution in [0.4, 0.5) is 19.3 Å². The molecule has 2 unspecified atom stereocenters. The molecule has 1 aromatic rings. The van der Waals surface area contributed by atoms with Crippen molar-refractivity contribution in [2.45, 2.75) is 44.7 Å². The maximum absolute atomic E-state index is 14.0. The Morgan fingerprint density at radius 3 is 2.59 bits per heavy atom. The van der Waals surface area contributed by atoms with Crippen LogP contribution in [0.3, 0.4) is 0 Å². The minimum absolute atomic E-state index is 0. The smallest absolute Gasteiger partial charge is 0.325 e. The van der Waals surface area contributed by atoms with Crippen molar-refractivity contribution in [2.75, 3.05) is 38.1 Å². The number of hydrogen-bond donors (Lipinski definition) is 3. The standard InChI is InChI=1S/C21H30F2N6O2.HI/c1-4-21(2)18(30)29(20(31)27-21)11-6-10-25-19(24-3)26-14-9-12-28(13-14)17-15(22)7-5-8-16(17)23;/h5,7-8,14H,4,6,9-13H2,1-3H3,(H,27,31)(H2,24,25,26);1H. The Kier molecular flexibility index (Phi) is 9.05. The first-order valence-electron chi connectivity index (χ1n) is 10.6. The number of benzene rings is 1. The van der Waals surface area contributed by atoms with Crippen molar-refractivity contribution in [3.05, 3.63) is 29.8 Å². The number of carbonyl (C=O) groups is 2. The predicted molar refractivity (Wildman–Crippen MR) is 130 cm³/mol. The molecule has 2 saturated heterocycles. The van der Waals surface area contributed by atoms with Crippen LogP contribution < -0.4 is 20.9 Å². The van der Waals surface area contributed by atoms with E-state index in [4.69, 9.17) is 0 Å². The van der Waals surface area contributed by atoms with E-state index in [2.05, 4.69) is 20.9 Å². The number of aliphatic imine (C=N–C) groups is 1. The molecule has 0 spiro atoms. The van der Waals surface area contributed by atoms with Gasteiger partial charge in [0.05, 0.1) is 0 Å². The summed E-state index contributed by atoms with van der Waals surface area (Å²) in [7, 11) is 1.64. The van der Waals surface area contributed by atoms with Gasteiger partial charge in [-0.05, 0) is 38.3 Å². The molecule has 2 atom stereocenters. The van der Waals surface area contributed by atoms with Gasteiger partial charge in [-0.25, -0.2) is 13.6 Å². The molecule has 0 bridgehead atoms. The molecule has 0 aliphatic carbocycles. The van der Waals surface area contributed by atoms with Gasteiger partial charge in [-0.1, -0.05) is 13.0 Å². The fourth-order valence-electron chi connectivity index (χ4n) is 3.89. The van der Waals surface area contributed by atoms with E-state index in [1.807, 2.05) is 6.92 Å². The van der Waals surface area contributed by atoms with Gasteiger partial charge in [0.2, 0.25) is 0 Å². The molecule has 2 fully saturated rings. The van der Waals surface area contributed by atoms with E-state index in [1.165, 1.54) is 23.1 Å². The van der Waals surface area contributed by atoms with E-state index >= 15 is 0 Å². The quantitative estimate of drug-likeness (QED) is 0.156. The minimum atomic E-state index is -0.825. The van der Waals surface area contributed by atoms with Gasteiger partial charge in [0.15, 0.2) is 5.96 Å². The molecule has 8 nitrogen and oxygen atoms in total. The van der Waals surface area contributed by atoms with Gasteiger partial charge >= 0.3 is 6.03 Å². The van der Waals surface area contributed by atoms with Crippen LogP contribution in [-0.2, 0) is 4.79 Å². The topological polar surface area (TPSA) is 89.1 Å². The largest absolute Gasteiger partial charge is 0.365 e. The Balaban J connectivity index is 0.00000363. The van der Waals surface area contributed by atoms with Gasteiger partial charge in [0.1, 0.15) is 22.9 Å². The lowest BCUT2D eigenvalue weighted by Gasteiger charge is -2.21. The van der Waals surface area contributed by atoms with Gasteiger partial charge in [0.25, 0.3) is 5.91 Å². The average molecular weight is 564 g/mol. The summed E-state index contributed by atoms with van der Waals surface area (Å²) in [4.78, 5) is 31.6. The summed E-state index contributed by atoms with van der Waals surface area (Å²) in [5.74, 6) is -0.768. The number of guanidine groups is 1. The van der Waals surface area contributed by atoms with Crippen LogP contribution in [0, 0.1) is 11.6 Å². The number of para-hydroxylation sites is 1. The van der Waals surface area contributed by atoms with Crippen LogP contribution in [0.1, 0.15) is 33.1 Å². The molecular weight excluding hydrogens is 533 g/mol. The number of rotatable bonds is 7. The molecule has 2 heterocycles. The zero-order valence-electron chi connectivity index (χ0n) is 18.6. The number of imide groups is 1. The highest BCUT2D eigenvalue weighted by Gasteiger charge is 2.45. The molecular formula is C21H31F2IN6O2. The SMILES string of the molecule is CCC1(C)NC(=O)N(CCCNC(=NC)NC2CCN(c3c(F)cccc3F)C2)C1=O.I. The first kappa shape index (κ1) is 26.1. The molecule has 32 heavy (non-hydrogen) atoms. The van der Waals surface area contributed by atoms with E-state index in [0.29, 0.717) is 51.4 Å². The summed E-state index contributed by atoms with van der Waals surface area (Å²) in [5.41, 5.74) is -0.823. The molecule has 3 N–H and O–H groups in total. The van der Waals surface area contributed by atoms with Gasteiger partial charge in [0, 0.05) is 39.3 Å². The van der Waals surface area contributed by atoms with Crippen LogP contribution in [0.5, 0.6) is 0 Å². The highest BCUT2D eigenvalue weighted by atomic mass is 127. The molecule has 2 aliphatic rings. The molecule has 3 rings (SSSR count). The number of urea groups is 1. The Hall–Kier alpha value is -2.18. The third-order valence-electron chi connectivity index (χ3n) is 5.91. The van der Waals surface area contributed by atoms with Crippen LogP contribution in [0.15, 0.2) is 23.2 Å². The number of nitrogens with zero attached hydrogens (tertiary/aromatic N) is 3. The second-order valence-corrected chi connectivity index (χ2v) is 8.07. The monoisotopic (exact) mass is 564 g/mol. The number of nitrogens with one attached hydrogen (secondary N) is 3. The number of hydrogen-bond acceptors (Lipinski definition) is 4. The normalized spacial score (nSPS) is 23.3. The number of anilines is 1. The predicted octanol–water partition coefficient (Wildman–Crippen LogP) is 2.44. The van der Waals surface area contributed by atoms with E-state index in [0.717, 1.165) is 0 Å². The Labute approximate surface area is 204 Å². The Bertz CT molecular complexity index is 850. The molecule has 0 aromatic heterocycles. The molecule has 0 radical (unpaired) electrons. The molecule has 2 aliphatic heterocycles. The van der Waals surface area contributed by atoms with Crippen molar-refractivity contribution in [3.63, 3.8) is 0 Å². The summed E-state index contributed by atoms with van der Waals surface area (Å²) < 4.78 is 28.0. The van der Waals surface area contributed by atoms with Crippen molar-refractivity contribution in [3.8, 4) is 0 Å². The summed E-state index contributed by atoms with van der Waals surface area (Å²) in [6, 6.07) is 3.50. The lowest BCUT2D eigenvalue weighted by molar-refractivity contribution is -0.130. The second-order valence-electron chi connectivity index (χ2n) is 8.07. The third kappa shape index (κ3) is 5.59. The number of amides is 3. The van der Waals surface area contributed by atoms with Gasteiger partial charge in [-0.3, -0.25) is 14.7 Å². The van der Waals surface area contributed by atoms with Crippen molar-refractivity contribution >= 4 is 47.6 Å². The summed E-state index contributed by atoms with van der Waals surface area (Å²) in [5, 5.41) is 9.17. The summed E-state index contributed by atoms with van der Waals surface area (Å²) in [6.45, 7) is 5.41. The van der Waals surface area contributed by atoms with Crippen molar-refractivity contribution in [1.82, 2.24) is 20.9 Å². The van der Waals surface area contributed by atoms with Crippen molar-refractivity contribution < 1.29 is 18.4 Å². The fraction of sp³-hybridized carbons (Fsp3) is 0.571. The van der Waals surface area contributed by atoms with Crippen molar-refractivity contribution in [1.29, 1.82) is 0 Å². The maximum Gasteiger partial charge on any atom is 0.325 e. The van der Waals surface area contributed by atoms with Gasteiger partial charge in [-0.15, -0.1) is 24.0 Å². The third-order valence-corrected chi connectivity index (χ3v) is 5.91. The van der Waals surface area contributed by atoms with E-state index in [1.54, 1.807) is 18.9 Å². The van der Waals surface area contributed by atoms with Crippen LogP contribution in [-0.4, -0.2) is 67.6 Å².